The van der Waals surface area contributed by atoms with Gasteiger partial charge < -0.3 is 20.8 Å². The molecule has 0 aromatic heterocycles. The van der Waals surface area contributed by atoms with Crippen LogP contribution in [0.1, 0.15) is 139 Å². The van der Waals surface area contributed by atoms with E-state index in [1.165, 1.54) is 0 Å². The molecule has 2 aliphatic rings. The first-order chi connectivity index (χ1) is 16.4. The van der Waals surface area contributed by atoms with Gasteiger partial charge in [0.2, 0.25) is 0 Å². The van der Waals surface area contributed by atoms with Crippen LogP contribution in [0.2, 0.25) is 0 Å². The zero-order valence-corrected chi connectivity index (χ0v) is 24.6. The standard InChI is InChI=1S/C30H56N2O4/c1-26(2)18-22(19-27(3,4)31-26)30(25(35)36,23-20-28(5,6)32-29(7,8)21-23)17-15-13-11-9-10-12-14-16-24(33)34/h22-23,31-32H,9-21H2,1-8H3,(H,33,34)(H,35,36). The number of piperidine rings is 2. The molecule has 2 aliphatic heterocycles. The molecule has 210 valence electrons. The number of hydrogen-bond acceptors (Lipinski definition) is 4. The van der Waals surface area contributed by atoms with Crippen molar-refractivity contribution in [3.05, 3.63) is 0 Å². The maximum atomic E-state index is 13.5. The highest BCUT2D eigenvalue weighted by molar-refractivity contribution is 5.76. The first kappa shape index (κ1) is 31.1. The summed E-state index contributed by atoms with van der Waals surface area (Å²) < 4.78 is 0. The van der Waals surface area contributed by atoms with E-state index in [1.54, 1.807) is 0 Å². The second-order valence-electron chi connectivity index (χ2n) is 14.7. The van der Waals surface area contributed by atoms with E-state index in [9.17, 15) is 14.7 Å². The smallest absolute Gasteiger partial charge is 0.310 e. The van der Waals surface area contributed by atoms with E-state index in [4.69, 9.17) is 5.11 Å². The van der Waals surface area contributed by atoms with Gasteiger partial charge in [-0.1, -0.05) is 38.5 Å². The van der Waals surface area contributed by atoms with Crippen LogP contribution in [0.4, 0.5) is 0 Å². The fraction of sp³-hybridized carbons (Fsp3) is 0.933. The molecule has 4 N–H and O–H groups in total. The molecular formula is C30H56N2O4. The van der Waals surface area contributed by atoms with Crippen molar-refractivity contribution >= 4 is 11.9 Å². The Labute approximate surface area is 220 Å². The predicted octanol–water partition coefficient (Wildman–Crippen LogP) is 6.77. The van der Waals surface area contributed by atoms with E-state index in [0.717, 1.165) is 77.0 Å². The van der Waals surface area contributed by atoms with Crippen LogP contribution in [-0.4, -0.2) is 44.3 Å². The Morgan fingerprint density at radius 2 is 0.972 bits per heavy atom. The summed E-state index contributed by atoms with van der Waals surface area (Å²) in [5.74, 6) is -1.04. The number of carboxylic acids is 2. The van der Waals surface area contributed by atoms with Crippen molar-refractivity contribution in [3.63, 3.8) is 0 Å². The topological polar surface area (TPSA) is 98.7 Å². The van der Waals surface area contributed by atoms with Gasteiger partial charge in [-0.15, -0.1) is 0 Å². The molecule has 2 saturated heterocycles. The van der Waals surface area contributed by atoms with Gasteiger partial charge in [0.1, 0.15) is 0 Å². The maximum Gasteiger partial charge on any atom is 0.310 e. The highest BCUT2D eigenvalue weighted by atomic mass is 16.4. The molecular weight excluding hydrogens is 452 g/mol. The molecule has 6 nitrogen and oxygen atoms in total. The van der Waals surface area contributed by atoms with Crippen LogP contribution in [0.25, 0.3) is 0 Å². The van der Waals surface area contributed by atoms with Crippen LogP contribution >= 0.6 is 0 Å². The molecule has 36 heavy (non-hydrogen) atoms. The molecule has 0 atom stereocenters. The van der Waals surface area contributed by atoms with Gasteiger partial charge in [-0.3, -0.25) is 9.59 Å². The van der Waals surface area contributed by atoms with Crippen molar-refractivity contribution in [1.82, 2.24) is 10.6 Å². The lowest BCUT2D eigenvalue weighted by Gasteiger charge is -2.57. The number of rotatable bonds is 13. The largest absolute Gasteiger partial charge is 0.481 e. The summed E-state index contributed by atoms with van der Waals surface area (Å²) in [5.41, 5.74) is -1.11. The van der Waals surface area contributed by atoms with Gasteiger partial charge in [0, 0.05) is 28.6 Å². The summed E-state index contributed by atoms with van der Waals surface area (Å²) in [4.78, 5) is 24.2. The first-order valence-electron chi connectivity index (χ1n) is 14.4. The fourth-order valence-electron chi connectivity index (χ4n) is 8.15. The summed E-state index contributed by atoms with van der Waals surface area (Å²) in [7, 11) is 0. The van der Waals surface area contributed by atoms with Crippen LogP contribution < -0.4 is 10.6 Å². The van der Waals surface area contributed by atoms with Crippen LogP contribution in [0.5, 0.6) is 0 Å². The van der Waals surface area contributed by atoms with E-state index < -0.39 is 17.4 Å². The maximum absolute atomic E-state index is 13.5. The normalized spacial score (nSPS) is 23.9. The van der Waals surface area contributed by atoms with Gasteiger partial charge in [-0.2, -0.15) is 0 Å². The molecule has 0 radical (unpaired) electrons. The van der Waals surface area contributed by atoms with E-state index in [0.29, 0.717) is 0 Å². The Morgan fingerprint density at radius 1 is 0.639 bits per heavy atom. The third-order valence-electron chi connectivity index (χ3n) is 8.72. The van der Waals surface area contributed by atoms with E-state index in [1.807, 2.05) is 0 Å². The minimum atomic E-state index is -0.727. The molecule has 0 aromatic rings. The summed E-state index contributed by atoms with van der Waals surface area (Å²) >= 11 is 0. The minimum Gasteiger partial charge on any atom is -0.481 e. The molecule has 2 heterocycles. The number of aliphatic carboxylic acids is 2. The summed E-state index contributed by atoms with van der Waals surface area (Å²) in [5, 5.41) is 27.4. The van der Waals surface area contributed by atoms with E-state index >= 15 is 0 Å². The highest BCUT2D eigenvalue weighted by Gasteiger charge is 2.58. The van der Waals surface area contributed by atoms with Gasteiger partial charge in [0.25, 0.3) is 0 Å². The molecule has 0 amide bonds. The molecule has 6 heteroatoms. The number of nitrogens with one attached hydrogen (secondary N) is 2. The number of unbranched alkanes of at least 4 members (excludes halogenated alkanes) is 6. The van der Waals surface area contributed by atoms with Crippen molar-refractivity contribution in [2.45, 2.75) is 161 Å². The molecule has 0 aromatic carbocycles. The summed E-state index contributed by atoms with van der Waals surface area (Å²) in [6, 6.07) is 0. The minimum absolute atomic E-state index is 0.0962. The first-order valence-corrected chi connectivity index (χ1v) is 14.4. The Morgan fingerprint density at radius 3 is 1.31 bits per heavy atom. The number of hydrogen-bond donors (Lipinski definition) is 4. The van der Waals surface area contributed by atoms with Crippen molar-refractivity contribution in [3.8, 4) is 0 Å². The SMILES string of the molecule is CC1(C)CC(C(CCCCCCCCCC(=O)O)(C(=O)O)C2CC(C)(C)NC(C)(C)C2)CC(C)(C)N1. The molecule has 2 rings (SSSR count). The van der Waals surface area contributed by atoms with Crippen molar-refractivity contribution in [2.75, 3.05) is 0 Å². The van der Waals surface area contributed by atoms with Crippen LogP contribution in [0, 0.1) is 17.3 Å². The quantitative estimate of drug-likeness (QED) is 0.205. The second-order valence-corrected chi connectivity index (χ2v) is 14.7. The Bertz CT molecular complexity index is 686. The fourth-order valence-corrected chi connectivity index (χ4v) is 8.15. The second kappa shape index (κ2) is 11.7. The molecule has 0 unspecified atom stereocenters. The lowest BCUT2D eigenvalue weighted by Crippen LogP contribution is -2.65. The zero-order valence-electron chi connectivity index (χ0n) is 24.6. The Hall–Kier alpha value is -1.14. The number of carboxylic acid groups (broad SMARTS) is 2. The summed E-state index contributed by atoms with van der Waals surface area (Å²) in [6.07, 6.45) is 11.5. The van der Waals surface area contributed by atoms with Gasteiger partial charge in [-0.05, 0) is 106 Å². The third-order valence-corrected chi connectivity index (χ3v) is 8.72. The lowest BCUT2D eigenvalue weighted by atomic mass is 9.52. The van der Waals surface area contributed by atoms with Gasteiger partial charge in [-0.25, -0.2) is 0 Å². The van der Waals surface area contributed by atoms with E-state index in [2.05, 4.69) is 66.0 Å². The molecule has 0 spiro atoms. The van der Waals surface area contributed by atoms with E-state index in [-0.39, 0.29) is 40.4 Å². The third kappa shape index (κ3) is 8.72. The average molecular weight is 509 g/mol. The predicted molar refractivity (Wildman–Crippen MR) is 147 cm³/mol. The molecule has 0 aliphatic carbocycles. The molecule has 2 fully saturated rings. The van der Waals surface area contributed by atoms with Gasteiger partial charge in [0.05, 0.1) is 5.41 Å². The van der Waals surface area contributed by atoms with Crippen molar-refractivity contribution in [2.24, 2.45) is 17.3 Å². The molecule has 0 bridgehead atoms. The summed E-state index contributed by atoms with van der Waals surface area (Å²) in [6.45, 7) is 17.8. The van der Waals surface area contributed by atoms with Crippen LogP contribution in [0.15, 0.2) is 0 Å². The van der Waals surface area contributed by atoms with Crippen molar-refractivity contribution < 1.29 is 19.8 Å². The Kier molecular flexibility index (Phi) is 10.1. The molecule has 0 saturated carbocycles. The lowest BCUT2D eigenvalue weighted by molar-refractivity contribution is -0.166. The van der Waals surface area contributed by atoms with Crippen LogP contribution in [0.3, 0.4) is 0 Å². The Balaban J connectivity index is 2.22. The zero-order chi connectivity index (χ0) is 27.4. The van der Waals surface area contributed by atoms with Crippen LogP contribution in [-0.2, 0) is 9.59 Å². The monoisotopic (exact) mass is 508 g/mol. The van der Waals surface area contributed by atoms with Gasteiger partial charge >= 0.3 is 11.9 Å². The average Bonchev–Trinajstić information content (AvgIpc) is 2.64. The number of carbonyl (C=O) groups is 2. The van der Waals surface area contributed by atoms with Crippen molar-refractivity contribution in [1.29, 1.82) is 0 Å². The highest BCUT2D eigenvalue weighted by Crippen LogP contribution is 2.55. The van der Waals surface area contributed by atoms with Gasteiger partial charge in [0.15, 0.2) is 0 Å².